The van der Waals surface area contributed by atoms with Gasteiger partial charge in [0, 0.05) is 30.0 Å². The maximum absolute atomic E-state index is 13.3. The number of piperidine rings is 1. The van der Waals surface area contributed by atoms with Crippen molar-refractivity contribution >= 4 is 32.4 Å². The minimum absolute atomic E-state index is 0.218. The van der Waals surface area contributed by atoms with Gasteiger partial charge in [-0.1, -0.05) is 0 Å². The number of benzene rings is 1. The summed E-state index contributed by atoms with van der Waals surface area (Å²) in [5.41, 5.74) is 0.859. The second-order valence-corrected chi connectivity index (χ2v) is 8.93. The Kier molecular flexibility index (Phi) is 5.35. The Morgan fingerprint density at radius 3 is 2.58 bits per heavy atom. The van der Waals surface area contributed by atoms with E-state index in [4.69, 9.17) is 0 Å². The fraction of sp³-hybridized carbons (Fsp3) is 0.375. The SMILES string of the molecule is CS(=O)(=O)N1CCC(C(=O)Nc2nc(-c3ccc(F)c(F)c3)cs2)CC1. The summed E-state index contributed by atoms with van der Waals surface area (Å²) in [6.07, 6.45) is 2.05. The molecule has 1 aliphatic heterocycles. The molecular formula is C16H17F2N3O3S2. The molecule has 1 aromatic heterocycles. The quantitative estimate of drug-likeness (QED) is 0.854. The monoisotopic (exact) mass is 401 g/mol. The highest BCUT2D eigenvalue weighted by atomic mass is 32.2. The zero-order valence-corrected chi connectivity index (χ0v) is 15.5. The predicted octanol–water partition coefficient (Wildman–Crippen LogP) is 2.70. The Bertz CT molecular complexity index is 923. The molecule has 6 nitrogen and oxygen atoms in total. The Morgan fingerprint density at radius 1 is 1.27 bits per heavy atom. The Balaban J connectivity index is 1.62. The Labute approximate surface area is 153 Å². The fourth-order valence-electron chi connectivity index (χ4n) is 2.78. The molecule has 1 aliphatic rings. The van der Waals surface area contributed by atoms with Crippen LogP contribution < -0.4 is 5.32 Å². The van der Waals surface area contributed by atoms with Gasteiger partial charge in [-0.15, -0.1) is 11.3 Å². The van der Waals surface area contributed by atoms with E-state index in [1.165, 1.54) is 21.7 Å². The van der Waals surface area contributed by atoms with Crippen LogP contribution in [-0.4, -0.2) is 43.0 Å². The van der Waals surface area contributed by atoms with E-state index in [0.717, 1.165) is 18.4 Å². The van der Waals surface area contributed by atoms with Gasteiger partial charge in [0.05, 0.1) is 11.9 Å². The molecule has 0 radical (unpaired) electrons. The van der Waals surface area contributed by atoms with Gasteiger partial charge in [-0.25, -0.2) is 26.5 Å². The molecule has 140 valence electrons. The van der Waals surface area contributed by atoms with Crippen molar-refractivity contribution in [2.75, 3.05) is 24.7 Å². The van der Waals surface area contributed by atoms with Crippen LogP contribution in [-0.2, 0) is 14.8 Å². The van der Waals surface area contributed by atoms with Crippen LogP contribution in [0.5, 0.6) is 0 Å². The van der Waals surface area contributed by atoms with Crippen molar-refractivity contribution in [3.8, 4) is 11.3 Å². The third-order valence-electron chi connectivity index (χ3n) is 4.24. The average Bonchev–Trinajstić information content (AvgIpc) is 3.05. The second-order valence-electron chi connectivity index (χ2n) is 6.09. The lowest BCUT2D eigenvalue weighted by Gasteiger charge is -2.29. The molecule has 3 rings (SSSR count). The van der Waals surface area contributed by atoms with E-state index in [2.05, 4.69) is 10.3 Å². The first-order chi connectivity index (χ1) is 12.2. The third-order valence-corrected chi connectivity index (χ3v) is 6.30. The zero-order valence-electron chi connectivity index (χ0n) is 13.9. The summed E-state index contributed by atoms with van der Waals surface area (Å²) < 4.78 is 50.7. The number of sulfonamides is 1. The zero-order chi connectivity index (χ0) is 18.9. The number of nitrogens with zero attached hydrogens (tertiary/aromatic N) is 2. The van der Waals surface area contributed by atoms with Gasteiger partial charge >= 0.3 is 0 Å². The first-order valence-corrected chi connectivity index (χ1v) is 10.6. The number of aromatic nitrogens is 1. The van der Waals surface area contributed by atoms with E-state index in [1.807, 2.05) is 0 Å². The molecule has 0 saturated carbocycles. The van der Waals surface area contributed by atoms with Crippen molar-refractivity contribution in [1.29, 1.82) is 0 Å². The number of carbonyl (C=O) groups is 1. The van der Waals surface area contributed by atoms with Gasteiger partial charge in [-0.2, -0.15) is 0 Å². The minimum Gasteiger partial charge on any atom is -0.302 e. The highest BCUT2D eigenvalue weighted by molar-refractivity contribution is 7.88. The van der Waals surface area contributed by atoms with E-state index in [-0.39, 0.29) is 11.8 Å². The standard InChI is InChI=1S/C16H17F2N3O3S2/c1-26(23,24)21-6-4-10(5-7-21)15(22)20-16-19-14(9-25-16)11-2-3-12(17)13(18)8-11/h2-3,8-10H,4-7H2,1H3,(H,19,20,22). The first-order valence-electron chi connectivity index (χ1n) is 7.91. The molecule has 1 saturated heterocycles. The van der Waals surface area contributed by atoms with Crippen molar-refractivity contribution < 1.29 is 22.0 Å². The van der Waals surface area contributed by atoms with E-state index < -0.39 is 21.7 Å². The molecular weight excluding hydrogens is 384 g/mol. The van der Waals surface area contributed by atoms with Crippen LogP contribution >= 0.6 is 11.3 Å². The fourth-order valence-corrected chi connectivity index (χ4v) is 4.37. The van der Waals surface area contributed by atoms with Crippen molar-refractivity contribution in [3.63, 3.8) is 0 Å². The van der Waals surface area contributed by atoms with E-state index in [9.17, 15) is 22.0 Å². The molecule has 0 unspecified atom stereocenters. The van der Waals surface area contributed by atoms with Gasteiger partial charge in [0.1, 0.15) is 0 Å². The molecule has 2 heterocycles. The first kappa shape index (κ1) is 18.9. The molecule has 10 heteroatoms. The molecule has 1 aromatic carbocycles. The van der Waals surface area contributed by atoms with E-state index >= 15 is 0 Å². The minimum atomic E-state index is -3.23. The van der Waals surface area contributed by atoms with Gasteiger partial charge in [0.15, 0.2) is 16.8 Å². The van der Waals surface area contributed by atoms with Crippen LogP contribution in [0.15, 0.2) is 23.6 Å². The van der Waals surface area contributed by atoms with Crippen molar-refractivity contribution in [3.05, 3.63) is 35.2 Å². The highest BCUT2D eigenvalue weighted by Gasteiger charge is 2.29. The van der Waals surface area contributed by atoms with Crippen LogP contribution in [0.4, 0.5) is 13.9 Å². The van der Waals surface area contributed by atoms with E-state index in [1.54, 1.807) is 5.38 Å². The number of hydrogen-bond donors (Lipinski definition) is 1. The van der Waals surface area contributed by atoms with Gasteiger partial charge in [-0.3, -0.25) is 4.79 Å². The predicted molar refractivity (Wildman–Crippen MR) is 95.2 cm³/mol. The number of hydrogen-bond acceptors (Lipinski definition) is 5. The maximum atomic E-state index is 13.3. The van der Waals surface area contributed by atoms with Crippen molar-refractivity contribution in [2.24, 2.45) is 5.92 Å². The number of anilines is 1. The number of halogens is 2. The van der Waals surface area contributed by atoms with Crippen LogP contribution in [0, 0.1) is 17.6 Å². The lowest BCUT2D eigenvalue weighted by molar-refractivity contribution is -0.120. The largest absolute Gasteiger partial charge is 0.302 e. The molecule has 0 spiro atoms. The molecule has 0 bridgehead atoms. The van der Waals surface area contributed by atoms with Gasteiger partial charge in [0.2, 0.25) is 15.9 Å². The van der Waals surface area contributed by atoms with Crippen LogP contribution in [0.1, 0.15) is 12.8 Å². The van der Waals surface area contributed by atoms with Crippen molar-refractivity contribution in [1.82, 2.24) is 9.29 Å². The van der Waals surface area contributed by atoms with Gasteiger partial charge < -0.3 is 5.32 Å². The number of thiazole rings is 1. The number of carbonyl (C=O) groups excluding carboxylic acids is 1. The second kappa shape index (κ2) is 7.37. The molecule has 0 atom stereocenters. The highest BCUT2D eigenvalue weighted by Crippen LogP contribution is 2.27. The van der Waals surface area contributed by atoms with Crippen LogP contribution in [0.3, 0.4) is 0 Å². The van der Waals surface area contributed by atoms with Crippen LogP contribution in [0.2, 0.25) is 0 Å². The summed E-state index contributed by atoms with van der Waals surface area (Å²) in [4.78, 5) is 16.6. The van der Waals surface area contributed by atoms with Crippen LogP contribution in [0.25, 0.3) is 11.3 Å². The Morgan fingerprint density at radius 2 is 1.96 bits per heavy atom. The summed E-state index contributed by atoms with van der Waals surface area (Å²) in [7, 11) is -3.23. The lowest BCUT2D eigenvalue weighted by Crippen LogP contribution is -2.40. The summed E-state index contributed by atoms with van der Waals surface area (Å²) in [5.74, 6) is -2.40. The smallest absolute Gasteiger partial charge is 0.229 e. The molecule has 0 aliphatic carbocycles. The number of amides is 1. The lowest BCUT2D eigenvalue weighted by atomic mass is 9.97. The third kappa shape index (κ3) is 4.25. The topological polar surface area (TPSA) is 79.4 Å². The molecule has 1 fully saturated rings. The summed E-state index contributed by atoms with van der Waals surface area (Å²) in [6.45, 7) is 0.629. The van der Waals surface area contributed by atoms with Gasteiger partial charge in [0.25, 0.3) is 0 Å². The summed E-state index contributed by atoms with van der Waals surface area (Å²) in [6, 6.07) is 3.49. The van der Waals surface area contributed by atoms with Gasteiger partial charge in [-0.05, 0) is 31.0 Å². The normalized spacial score (nSPS) is 16.6. The molecule has 26 heavy (non-hydrogen) atoms. The Hall–Kier alpha value is -1.91. The number of nitrogens with one attached hydrogen (secondary N) is 1. The molecule has 2 aromatic rings. The van der Waals surface area contributed by atoms with Crippen molar-refractivity contribution in [2.45, 2.75) is 12.8 Å². The maximum Gasteiger partial charge on any atom is 0.229 e. The summed E-state index contributed by atoms with van der Waals surface area (Å²) >= 11 is 1.19. The average molecular weight is 401 g/mol. The molecule has 1 N–H and O–H groups in total. The molecule has 1 amide bonds. The summed E-state index contributed by atoms with van der Waals surface area (Å²) in [5, 5.41) is 4.72. The van der Waals surface area contributed by atoms with E-state index in [0.29, 0.717) is 42.3 Å². The number of rotatable bonds is 4.